The minimum absolute atomic E-state index is 0.234. The Hall–Kier alpha value is -1.56. The summed E-state index contributed by atoms with van der Waals surface area (Å²) in [5.41, 5.74) is 0.423. The Balaban J connectivity index is 1.54. The van der Waals surface area contributed by atoms with Gasteiger partial charge < -0.3 is 9.73 Å². The third kappa shape index (κ3) is 2.12. The predicted molar refractivity (Wildman–Crippen MR) is 83.8 cm³/mol. The minimum atomic E-state index is -1.15. The Morgan fingerprint density at radius 3 is 2.95 bits per heavy atom. The van der Waals surface area contributed by atoms with Gasteiger partial charge in [-0.2, -0.15) is 0 Å². The van der Waals surface area contributed by atoms with Crippen molar-refractivity contribution in [3.05, 3.63) is 24.2 Å². The molecule has 4 rings (SSSR count). The van der Waals surface area contributed by atoms with Crippen LogP contribution in [0.15, 0.2) is 28.0 Å². The number of furan rings is 1. The zero-order valence-electron chi connectivity index (χ0n) is 12.4. The van der Waals surface area contributed by atoms with Crippen LogP contribution in [0.2, 0.25) is 0 Å². The molecule has 2 saturated carbocycles. The average Bonchev–Trinajstić information content (AvgIpc) is 3.24. The van der Waals surface area contributed by atoms with E-state index < -0.39 is 4.75 Å². The van der Waals surface area contributed by atoms with E-state index in [2.05, 4.69) is 5.32 Å². The Kier molecular flexibility index (Phi) is 3.18. The van der Waals surface area contributed by atoms with Crippen LogP contribution in [0.25, 0.3) is 0 Å². The Morgan fingerprint density at radius 2 is 2.32 bits per heavy atom. The third-order valence-electron chi connectivity index (χ3n) is 5.16. The maximum atomic E-state index is 12.6. The number of hydrogen-bond donors (Lipinski definition) is 1. The SMILES string of the molecule is C[C@@]1(C(=O)c2ccoc2)SC(=N[C@@H]2C[C@H]3CC[C@@H]2C3)NC1=O. The van der Waals surface area contributed by atoms with E-state index >= 15 is 0 Å². The van der Waals surface area contributed by atoms with Crippen molar-refractivity contribution in [2.75, 3.05) is 0 Å². The van der Waals surface area contributed by atoms with Crippen LogP contribution >= 0.6 is 11.8 Å². The maximum absolute atomic E-state index is 12.6. The van der Waals surface area contributed by atoms with Crippen molar-refractivity contribution in [3.8, 4) is 0 Å². The highest BCUT2D eigenvalue weighted by molar-refractivity contribution is 8.17. The molecule has 1 aromatic heterocycles. The van der Waals surface area contributed by atoms with E-state index in [0.717, 1.165) is 12.3 Å². The predicted octanol–water partition coefficient (Wildman–Crippen LogP) is 2.63. The van der Waals surface area contributed by atoms with E-state index in [0.29, 0.717) is 22.7 Å². The lowest BCUT2D eigenvalue weighted by molar-refractivity contribution is -0.120. The molecule has 1 saturated heterocycles. The normalized spacial score (nSPS) is 38.7. The lowest BCUT2D eigenvalue weighted by Crippen LogP contribution is -2.41. The second-order valence-corrected chi connectivity index (χ2v) is 8.01. The Morgan fingerprint density at radius 1 is 1.45 bits per heavy atom. The lowest BCUT2D eigenvalue weighted by atomic mass is 9.96. The third-order valence-corrected chi connectivity index (χ3v) is 6.33. The van der Waals surface area contributed by atoms with Gasteiger partial charge in [-0.15, -0.1) is 0 Å². The lowest BCUT2D eigenvalue weighted by Gasteiger charge is -2.18. The highest BCUT2D eigenvalue weighted by atomic mass is 32.2. The molecule has 2 aliphatic carbocycles. The Bertz CT molecular complexity index is 654. The molecule has 116 valence electrons. The monoisotopic (exact) mass is 318 g/mol. The summed E-state index contributed by atoms with van der Waals surface area (Å²) >= 11 is 1.24. The van der Waals surface area contributed by atoms with Gasteiger partial charge in [-0.3, -0.25) is 14.6 Å². The summed E-state index contributed by atoms with van der Waals surface area (Å²) in [5.74, 6) is 0.944. The summed E-state index contributed by atoms with van der Waals surface area (Å²) in [7, 11) is 0. The first-order valence-corrected chi connectivity index (χ1v) is 8.53. The van der Waals surface area contributed by atoms with Crippen molar-refractivity contribution < 1.29 is 14.0 Å². The number of rotatable bonds is 3. The van der Waals surface area contributed by atoms with E-state index in [-0.39, 0.29) is 11.7 Å². The van der Waals surface area contributed by atoms with E-state index in [9.17, 15) is 9.59 Å². The first kappa shape index (κ1) is 14.1. The molecule has 6 heteroatoms. The van der Waals surface area contributed by atoms with Crippen LogP contribution in [-0.4, -0.2) is 27.6 Å². The largest absolute Gasteiger partial charge is 0.472 e. The number of fused-ring (bicyclic) bond motifs is 2. The number of aliphatic imine (C=N–C) groups is 1. The maximum Gasteiger partial charge on any atom is 0.250 e. The fourth-order valence-electron chi connectivity index (χ4n) is 3.88. The number of nitrogens with zero attached hydrogens (tertiary/aromatic N) is 1. The van der Waals surface area contributed by atoms with Crippen molar-refractivity contribution >= 4 is 28.6 Å². The number of ketones is 1. The van der Waals surface area contributed by atoms with E-state index in [4.69, 9.17) is 9.41 Å². The van der Waals surface area contributed by atoms with Gasteiger partial charge in [0.25, 0.3) is 0 Å². The molecule has 1 amide bonds. The summed E-state index contributed by atoms with van der Waals surface area (Å²) in [6.07, 6.45) is 7.78. The van der Waals surface area contributed by atoms with E-state index in [1.807, 2.05) is 0 Å². The van der Waals surface area contributed by atoms with Crippen molar-refractivity contribution in [2.45, 2.75) is 43.4 Å². The number of hydrogen-bond acceptors (Lipinski definition) is 5. The molecule has 4 atom stereocenters. The summed E-state index contributed by atoms with van der Waals surface area (Å²) in [5, 5.41) is 3.40. The zero-order valence-corrected chi connectivity index (χ0v) is 13.2. The number of thioether (sulfide) groups is 1. The van der Waals surface area contributed by atoms with Gasteiger partial charge in [-0.1, -0.05) is 18.2 Å². The fourth-order valence-corrected chi connectivity index (χ4v) is 4.95. The molecule has 1 N–H and O–H groups in total. The van der Waals surface area contributed by atoms with Crippen molar-refractivity contribution in [2.24, 2.45) is 16.8 Å². The molecule has 0 aromatic carbocycles. The summed E-state index contributed by atoms with van der Waals surface area (Å²) < 4.78 is 3.80. The van der Waals surface area contributed by atoms with Gasteiger partial charge in [-0.25, -0.2) is 0 Å². The van der Waals surface area contributed by atoms with E-state index in [1.165, 1.54) is 43.6 Å². The molecular formula is C16H18N2O3S. The van der Waals surface area contributed by atoms with Crippen molar-refractivity contribution in [1.82, 2.24) is 5.32 Å². The molecule has 2 bridgehead atoms. The van der Waals surface area contributed by atoms with Crippen LogP contribution in [-0.2, 0) is 4.79 Å². The molecule has 0 unspecified atom stereocenters. The van der Waals surface area contributed by atoms with Crippen LogP contribution in [0.5, 0.6) is 0 Å². The van der Waals surface area contributed by atoms with Gasteiger partial charge in [0.05, 0.1) is 17.9 Å². The average molecular weight is 318 g/mol. The molecule has 2 heterocycles. The standard InChI is InChI=1S/C16H18N2O3S/c1-16(13(19)11-4-5-21-8-11)14(20)18-15(22-16)17-12-7-9-2-3-10(12)6-9/h4-5,8-10,12H,2-3,6-7H2,1H3,(H,17,18,20)/t9-,10+,12+,16-/m0/s1. The van der Waals surface area contributed by atoms with Crippen LogP contribution < -0.4 is 5.32 Å². The van der Waals surface area contributed by atoms with Crippen molar-refractivity contribution in [3.63, 3.8) is 0 Å². The summed E-state index contributed by atoms with van der Waals surface area (Å²) in [6.45, 7) is 1.66. The van der Waals surface area contributed by atoms with Gasteiger partial charge in [0.2, 0.25) is 5.91 Å². The molecule has 1 aliphatic heterocycles. The van der Waals surface area contributed by atoms with Gasteiger partial charge in [0.1, 0.15) is 6.26 Å². The van der Waals surface area contributed by atoms with Gasteiger partial charge in [-0.05, 0) is 44.1 Å². The second-order valence-electron chi connectivity index (χ2n) is 6.61. The zero-order chi connectivity index (χ0) is 15.3. The highest BCUT2D eigenvalue weighted by Gasteiger charge is 2.50. The van der Waals surface area contributed by atoms with Gasteiger partial charge >= 0.3 is 0 Å². The minimum Gasteiger partial charge on any atom is -0.472 e. The topological polar surface area (TPSA) is 71.7 Å². The summed E-state index contributed by atoms with van der Waals surface area (Å²) in [4.78, 5) is 29.6. The Labute approximate surface area is 132 Å². The van der Waals surface area contributed by atoms with Gasteiger partial charge in [0, 0.05) is 0 Å². The number of Topliss-reactive ketones (excluding diaryl/α,β-unsaturated/α-hetero) is 1. The quantitative estimate of drug-likeness (QED) is 0.687. The van der Waals surface area contributed by atoms with Crippen LogP contribution in [0.1, 0.15) is 43.0 Å². The molecule has 0 spiro atoms. The van der Waals surface area contributed by atoms with Crippen LogP contribution in [0, 0.1) is 11.8 Å². The molecule has 22 heavy (non-hydrogen) atoms. The first-order valence-electron chi connectivity index (χ1n) is 7.71. The molecule has 5 nitrogen and oxygen atoms in total. The fraction of sp³-hybridized carbons (Fsp3) is 0.562. The highest BCUT2D eigenvalue weighted by Crippen LogP contribution is 2.46. The van der Waals surface area contributed by atoms with Gasteiger partial charge in [0.15, 0.2) is 15.7 Å². The molecule has 3 fully saturated rings. The smallest absolute Gasteiger partial charge is 0.250 e. The number of carbonyl (C=O) groups excluding carboxylic acids is 2. The van der Waals surface area contributed by atoms with E-state index in [1.54, 1.807) is 13.0 Å². The van der Waals surface area contributed by atoms with Crippen molar-refractivity contribution in [1.29, 1.82) is 0 Å². The molecule has 3 aliphatic rings. The summed E-state index contributed by atoms with van der Waals surface area (Å²) in [6, 6.07) is 1.90. The molecule has 1 aromatic rings. The second kappa shape index (κ2) is 4.98. The number of amides is 1. The number of nitrogens with one attached hydrogen (secondary N) is 1. The van der Waals surface area contributed by atoms with Crippen LogP contribution in [0.4, 0.5) is 0 Å². The number of carbonyl (C=O) groups is 2. The molecular weight excluding hydrogens is 300 g/mol. The first-order chi connectivity index (χ1) is 10.6. The number of amidine groups is 1. The van der Waals surface area contributed by atoms with Crippen LogP contribution in [0.3, 0.4) is 0 Å². The molecule has 0 radical (unpaired) electrons.